The molecular weight excluding hydrogens is 310 g/mol. The van der Waals surface area contributed by atoms with Gasteiger partial charge in [0.15, 0.2) is 0 Å². The second-order valence-electron chi connectivity index (χ2n) is 9.13. The van der Waals surface area contributed by atoms with Gasteiger partial charge in [0.05, 0.1) is 12.7 Å². The van der Waals surface area contributed by atoms with E-state index in [-0.39, 0.29) is 5.91 Å². The minimum atomic E-state index is 0.138. The summed E-state index contributed by atoms with van der Waals surface area (Å²) in [5.41, 5.74) is 3.46. The van der Waals surface area contributed by atoms with Gasteiger partial charge in [-0.2, -0.15) is 0 Å². The van der Waals surface area contributed by atoms with Crippen LogP contribution in [0.2, 0.25) is 0 Å². The van der Waals surface area contributed by atoms with Crippen molar-refractivity contribution in [2.24, 2.45) is 23.2 Å². The fourth-order valence-corrected chi connectivity index (χ4v) is 6.36. The normalized spacial score (nSPS) is 33.1. The van der Waals surface area contributed by atoms with Crippen LogP contribution in [0.25, 0.3) is 11.0 Å². The number of amides is 1. The molecule has 1 aromatic heterocycles. The van der Waals surface area contributed by atoms with Crippen molar-refractivity contribution in [1.82, 2.24) is 5.32 Å². The zero-order valence-electron chi connectivity index (χ0n) is 15.0. The number of furan rings is 1. The predicted octanol–water partition coefficient (Wildman–Crippen LogP) is 4.62. The van der Waals surface area contributed by atoms with E-state index in [9.17, 15) is 4.79 Å². The number of nitrogens with one attached hydrogen (secondary N) is 1. The molecule has 1 N–H and O–H groups in total. The van der Waals surface area contributed by atoms with Crippen LogP contribution in [-0.2, 0) is 11.2 Å². The molecule has 25 heavy (non-hydrogen) atoms. The zero-order valence-corrected chi connectivity index (χ0v) is 15.0. The molecule has 1 heterocycles. The minimum absolute atomic E-state index is 0.138. The SMILES string of the molecule is Cc1ccc2c(CC(=O)NCC34CC5CC(CC(C5)C3)C4)coc2c1. The van der Waals surface area contributed by atoms with Crippen LogP contribution in [0.5, 0.6) is 0 Å². The molecule has 6 rings (SSSR count). The standard InChI is InChI=1S/C22H27NO2/c1-14-2-3-19-18(12-25-20(19)4-14)8-21(24)23-13-22-9-15-5-16(10-22)7-17(6-15)11-22/h2-4,12,15-17H,5-11,13H2,1H3,(H,23,24). The van der Waals surface area contributed by atoms with Gasteiger partial charge in [0.1, 0.15) is 5.58 Å². The van der Waals surface area contributed by atoms with Crippen molar-refractivity contribution in [3.63, 3.8) is 0 Å². The van der Waals surface area contributed by atoms with Crippen LogP contribution in [0.15, 0.2) is 28.9 Å². The first-order valence-corrected chi connectivity index (χ1v) is 9.82. The summed E-state index contributed by atoms with van der Waals surface area (Å²) in [6.45, 7) is 2.93. The molecule has 3 heteroatoms. The molecule has 0 atom stereocenters. The first kappa shape index (κ1) is 15.5. The second kappa shape index (κ2) is 5.62. The van der Waals surface area contributed by atoms with Crippen LogP contribution >= 0.6 is 0 Å². The molecular formula is C22H27NO2. The molecule has 0 radical (unpaired) electrons. The molecule has 1 amide bonds. The van der Waals surface area contributed by atoms with Gasteiger partial charge in [-0.3, -0.25) is 4.79 Å². The highest BCUT2D eigenvalue weighted by Crippen LogP contribution is 2.59. The monoisotopic (exact) mass is 337 g/mol. The van der Waals surface area contributed by atoms with E-state index in [4.69, 9.17) is 4.42 Å². The molecule has 4 bridgehead atoms. The van der Waals surface area contributed by atoms with Gasteiger partial charge in [-0.1, -0.05) is 12.1 Å². The second-order valence-corrected chi connectivity index (χ2v) is 9.13. The van der Waals surface area contributed by atoms with Gasteiger partial charge in [0, 0.05) is 17.5 Å². The molecule has 0 spiro atoms. The van der Waals surface area contributed by atoms with Crippen molar-refractivity contribution < 1.29 is 9.21 Å². The molecule has 4 saturated carbocycles. The first-order valence-electron chi connectivity index (χ1n) is 9.82. The lowest BCUT2D eigenvalue weighted by molar-refractivity contribution is -0.122. The summed E-state index contributed by atoms with van der Waals surface area (Å²) in [5.74, 6) is 2.94. The zero-order chi connectivity index (χ0) is 17.0. The van der Waals surface area contributed by atoms with Gasteiger partial charge in [-0.15, -0.1) is 0 Å². The van der Waals surface area contributed by atoms with E-state index in [2.05, 4.69) is 24.4 Å². The van der Waals surface area contributed by atoms with Crippen molar-refractivity contribution in [2.75, 3.05) is 6.54 Å². The average Bonchev–Trinajstić information content (AvgIpc) is 2.94. The van der Waals surface area contributed by atoms with E-state index < -0.39 is 0 Å². The van der Waals surface area contributed by atoms with Gasteiger partial charge in [0.25, 0.3) is 0 Å². The van der Waals surface area contributed by atoms with Gasteiger partial charge < -0.3 is 9.73 Å². The smallest absolute Gasteiger partial charge is 0.224 e. The quantitative estimate of drug-likeness (QED) is 0.885. The summed E-state index contributed by atoms with van der Waals surface area (Å²) in [5, 5.41) is 4.34. The third kappa shape index (κ3) is 2.78. The third-order valence-electron chi connectivity index (χ3n) is 6.99. The van der Waals surface area contributed by atoms with Gasteiger partial charge >= 0.3 is 0 Å². The number of carbonyl (C=O) groups excluding carboxylic acids is 1. The van der Waals surface area contributed by atoms with Gasteiger partial charge in [0.2, 0.25) is 5.91 Å². The Balaban J connectivity index is 1.25. The average molecular weight is 337 g/mol. The van der Waals surface area contributed by atoms with Crippen molar-refractivity contribution in [3.05, 3.63) is 35.6 Å². The molecule has 4 fully saturated rings. The fourth-order valence-electron chi connectivity index (χ4n) is 6.36. The molecule has 4 aliphatic carbocycles. The Kier molecular flexibility index (Phi) is 3.48. The highest BCUT2D eigenvalue weighted by molar-refractivity contribution is 5.87. The van der Waals surface area contributed by atoms with Crippen molar-refractivity contribution in [1.29, 1.82) is 0 Å². The molecule has 0 aliphatic heterocycles. The van der Waals surface area contributed by atoms with E-state index >= 15 is 0 Å². The Labute approximate surface area is 149 Å². The van der Waals surface area contributed by atoms with Crippen LogP contribution in [0.4, 0.5) is 0 Å². The lowest BCUT2D eigenvalue weighted by atomic mass is 9.49. The van der Waals surface area contributed by atoms with Crippen LogP contribution < -0.4 is 5.32 Å². The number of rotatable bonds is 4. The number of aryl methyl sites for hydroxylation is 1. The third-order valence-corrected chi connectivity index (χ3v) is 6.99. The fraction of sp³-hybridized carbons (Fsp3) is 0.591. The summed E-state index contributed by atoms with van der Waals surface area (Å²) in [6, 6.07) is 6.18. The van der Waals surface area contributed by atoms with Crippen LogP contribution in [0.1, 0.15) is 49.7 Å². The van der Waals surface area contributed by atoms with Crippen LogP contribution in [-0.4, -0.2) is 12.5 Å². The minimum Gasteiger partial charge on any atom is -0.464 e. The summed E-state index contributed by atoms with van der Waals surface area (Å²) in [6.07, 6.45) is 10.5. The number of fused-ring (bicyclic) bond motifs is 1. The summed E-state index contributed by atoms with van der Waals surface area (Å²) < 4.78 is 5.63. The van der Waals surface area contributed by atoms with E-state index in [1.165, 1.54) is 44.1 Å². The molecule has 2 aromatic rings. The lowest BCUT2D eigenvalue weighted by Crippen LogP contribution is -2.51. The summed E-state index contributed by atoms with van der Waals surface area (Å²) in [7, 11) is 0. The van der Waals surface area contributed by atoms with Crippen LogP contribution in [0, 0.1) is 30.1 Å². The van der Waals surface area contributed by atoms with Gasteiger partial charge in [-0.05, 0) is 80.2 Å². The maximum absolute atomic E-state index is 12.6. The van der Waals surface area contributed by atoms with E-state index in [0.717, 1.165) is 40.8 Å². The van der Waals surface area contributed by atoms with Crippen LogP contribution in [0.3, 0.4) is 0 Å². The maximum Gasteiger partial charge on any atom is 0.224 e. The maximum atomic E-state index is 12.6. The Morgan fingerprint density at radius 2 is 1.84 bits per heavy atom. The predicted molar refractivity (Wildman–Crippen MR) is 98.3 cm³/mol. The molecule has 4 aliphatic rings. The Morgan fingerprint density at radius 3 is 2.52 bits per heavy atom. The van der Waals surface area contributed by atoms with Crippen molar-refractivity contribution in [3.8, 4) is 0 Å². The lowest BCUT2D eigenvalue weighted by Gasteiger charge is -2.56. The number of benzene rings is 1. The number of hydrogen-bond acceptors (Lipinski definition) is 2. The highest BCUT2D eigenvalue weighted by atomic mass is 16.3. The Hall–Kier alpha value is -1.77. The summed E-state index contributed by atoms with van der Waals surface area (Å²) >= 11 is 0. The Morgan fingerprint density at radius 1 is 1.16 bits per heavy atom. The van der Waals surface area contributed by atoms with E-state index in [1.807, 2.05) is 6.07 Å². The van der Waals surface area contributed by atoms with Gasteiger partial charge in [-0.25, -0.2) is 0 Å². The molecule has 1 aromatic carbocycles. The van der Waals surface area contributed by atoms with Crippen molar-refractivity contribution in [2.45, 2.75) is 51.9 Å². The topological polar surface area (TPSA) is 42.2 Å². The highest BCUT2D eigenvalue weighted by Gasteiger charge is 2.50. The molecule has 132 valence electrons. The first-order chi connectivity index (χ1) is 12.1. The number of hydrogen-bond donors (Lipinski definition) is 1. The molecule has 0 unspecified atom stereocenters. The Bertz CT molecular complexity index is 783. The van der Waals surface area contributed by atoms with E-state index in [0.29, 0.717) is 11.8 Å². The largest absolute Gasteiger partial charge is 0.464 e. The van der Waals surface area contributed by atoms with Crippen molar-refractivity contribution >= 4 is 16.9 Å². The number of carbonyl (C=O) groups is 1. The summed E-state index contributed by atoms with van der Waals surface area (Å²) in [4.78, 5) is 12.6. The van der Waals surface area contributed by atoms with E-state index in [1.54, 1.807) is 6.26 Å². The molecule has 3 nitrogen and oxygen atoms in total. The molecule has 0 saturated heterocycles.